The molecule has 0 radical (unpaired) electrons. The molecule has 0 aliphatic carbocycles. The Hall–Kier alpha value is -3.79. The van der Waals surface area contributed by atoms with E-state index in [1.807, 2.05) is 54.6 Å². The molecular weight excluding hydrogens is 438 g/mol. The first kappa shape index (κ1) is 25.8. The third-order valence-corrected chi connectivity index (χ3v) is 5.68. The maximum absolute atomic E-state index is 13.1. The predicted octanol–water partition coefficient (Wildman–Crippen LogP) is 4.44. The fourth-order valence-electron chi connectivity index (χ4n) is 3.64. The number of ether oxygens (including phenoxy) is 1. The molecule has 1 atom stereocenters. The molecule has 0 heterocycles. The average molecular weight is 472 g/mol. The molecule has 0 fully saturated rings. The fraction of sp³-hybridized carbons (Fsp3) is 0.276. The summed E-state index contributed by atoms with van der Waals surface area (Å²) in [7, 11) is 1.60. The second-order valence-corrected chi connectivity index (χ2v) is 8.22. The Morgan fingerprint density at radius 3 is 2.23 bits per heavy atom. The van der Waals surface area contributed by atoms with Crippen LogP contribution in [0.2, 0.25) is 0 Å². The zero-order valence-electron chi connectivity index (χ0n) is 20.1. The van der Waals surface area contributed by atoms with Crippen molar-refractivity contribution < 1.29 is 14.6 Å². The molecule has 3 aromatic rings. The zero-order valence-corrected chi connectivity index (χ0v) is 20.1. The number of amides is 2. The largest absolute Gasteiger partial charge is 0.497 e. The number of methoxy groups -OCH3 is 1. The fourth-order valence-corrected chi connectivity index (χ4v) is 3.64. The van der Waals surface area contributed by atoms with E-state index in [0.29, 0.717) is 25.3 Å². The number of unbranched alkanes of at least 4 members (excludes halogenated alkanes) is 1. The Morgan fingerprint density at radius 2 is 1.63 bits per heavy atom. The lowest BCUT2D eigenvalue weighted by Gasteiger charge is -2.27. The summed E-state index contributed by atoms with van der Waals surface area (Å²) in [6, 6.07) is 24.6. The zero-order chi connectivity index (χ0) is 24.9. The molecule has 6 nitrogen and oxygen atoms in total. The van der Waals surface area contributed by atoms with Crippen molar-refractivity contribution in [3.05, 3.63) is 95.6 Å². The molecule has 2 amide bonds. The van der Waals surface area contributed by atoms with E-state index in [9.17, 15) is 9.90 Å². The van der Waals surface area contributed by atoms with Crippen LogP contribution in [0.5, 0.6) is 5.75 Å². The van der Waals surface area contributed by atoms with Gasteiger partial charge >= 0.3 is 6.03 Å². The van der Waals surface area contributed by atoms with E-state index in [1.54, 1.807) is 36.3 Å². The number of benzene rings is 3. The van der Waals surface area contributed by atoms with Crippen molar-refractivity contribution >= 4 is 11.7 Å². The molecular formula is C29H33N3O3. The molecule has 3 aromatic carbocycles. The summed E-state index contributed by atoms with van der Waals surface area (Å²) in [6.07, 6.45) is 1.61. The smallest absolute Gasteiger partial charge is 0.321 e. The molecule has 0 unspecified atom stereocenters. The number of nitrogens with zero attached hydrogens (tertiary/aromatic N) is 1. The van der Waals surface area contributed by atoms with Gasteiger partial charge in [0.25, 0.3) is 0 Å². The van der Waals surface area contributed by atoms with Gasteiger partial charge in [0.2, 0.25) is 0 Å². The lowest BCUT2D eigenvalue weighted by atomic mass is 9.98. The number of aliphatic hydroxyl groups excluding tert-OH is 1. The van der Waals surface area contributed by atoms with Crippen LogP contribution in [0.25, 0.3) is 0 Å². The van der Waals surface area contributed by atoms with Crippen LogP contribution < -0.4 is 15.8 Å². The molecule has 0 aliphatic rings. The van der Waals surface area contributed by atoms with Crippen LogP contribution in [-0.4, -0.2) is 49.4 Å². The third-order valence-electron chi connectivity index (χ3n) is 5.68. The third kappa shape index (κ3) is 8.18. The van der Waals surface area contributed by atoms with Crippen molar-refractivity contribution in [1.29, 1.82) is 0 Å². The van der Waals surface area contributed by atoms with Gasteiger partial charge in [0.05, 0.1) is 13.7 Å². The topological polar surface area (TPSA) is 87.8 Å². The molecule has 35 heavy (non-hydrogen) atoms. The predicted molar refractivity (Wildman–Crippen MR) is 141 cm³/mol. The second kappa shape index (κ2) is 13.8. The van der Waals surface area contributed by atoms with Crippen molar-refractivity contribution in [2.75, 3.05) is 38.7 Å². The lowest BCUT2D eigenvalue weighted by Crippen LogP contribution is -2.39. The summed E-state index contributed by atoms with van der Waals surface area (Å²) in [5, 5.41) is 13.1. The van der Waals surface area contributed by atoms with Gasteiger partial charge in [-0.25, -0.2) is 4.79 Å². The normalized spacial score (nSPS) is 11.2. The minimum atomic E-state index is -0.217. The minimum Gasteiger partial charge on any atom is -0.497 e. The van der Waals surface area contributed by atoms with Crippen molar-refractivity contribution in [2.24, 2.45) is 5.73 Å². The van der Waals surface area contributed by atoms with Crippen LogP contribution in [0.15, 0.2) is 78.9 Å². The molecule has 6 heteroatoms. The highest BCUT2D eigenvalue weighted by atomic mass is 16.5. The van der Waals surface area contributed by atoms with Gasteiger partial charge in [0, 0.05) is 35.8 Å². The monoisotopic (exact) mass is 471 g/mol. The Bertz CT molecular complexity index is 1100. The first-order chi connectivity index (χ1) is 17.1. The maximum Gasteiger partial charge on any atom is 0.321 e. The SMILES string of the molecule is COc1ccc(NC(=O)N(CCCCN)C[C@H](CO)c2ccc(C#Cc3ccccc3)cc2)cc1. The van der Waals surface area contributed by atoms with E-state index < -0.39 is 0 Å². The number of nitrogens with one attached hydrogen (secondary N) is 1. The van der Waals surface area contributed by atoms with Gasteiger partial charge in [-0.2, -0.15) is 0 Å². The minimum absolute atomic E-state index is 0.0712. The van der Waals surface area contributed by atoms with Gasteiger partial charge in [0.1, 0.15) is 5.75 Å². The van der Waals surface area contributed by atoms with Gasteiger partial charge in [0.15, 0.2) is 0 Å². The Labute approximate surface area is 207 Å². The Balaban J connectivity index is 1.69. The summed E-state index contributed by atoms with van der Waals surface area (Å²) in [5.74, 6) is 6.82. The summed E-state index contributed by atoms with van der Waals surface area (Å²) in [4.78, 5) is 14.8. The summed E-state index contributed by atoms with van der Waals surface area (Å²) >= 11 is 0. The quantitative estimate of drug-likeness (QED) is 0.301. The van der Waals surface area contributed by atoms with Crippen LogP contribution in [0.1, 0.15) is 35.4 Å². The van der Waals surface area contributed by atoms with E-state index in [0.717, 1.165) is 35.3 Å². The highest BCUT2D eigenvalue weighted by molar-refractivity contribution is 5.89. The molecule has 0 saturated heterocycles. The van der Waals surface area contributed by atoms with Crippen LogP contribution in [-0.2, 0) is 0 Å². The van der Waals surface area contributed by atoms with Crippen molar-refractivity contribution in [1.82, 2.24) is 4.90 Å². The number of rotatable bonds is 10. The summed E-state index contributed by atoms with van der Waals surface area (Å²) in [5.41, 5.74) is 9.15. The van der Waals surface area contributed by atoms with Gasteiger partial charge in [-0.15, -0.1) is 0 Å². The van der Waals surface area contributed by atoms with Crippen molar-refractivity contribution in [3.63, 3.8) is 0 Å². The average Bonchev–Trinajstić information content (AvgIpc) is 2.91. The number of hydrogen-bond donors (Lipinski definition) is 3. The summed E-state index contributed by atoms with van der Waals surface area (Å²) < 4.78 is 5.18. The van der Waals surface area contributed by atoms with Gasteiger partial charge in [-0.05, 0) is 73.5 Å². The number of nitrogens with two attached hydrogens (primary N) is 1. The first-order valence-electron chi connectivity index (χ1n) is 11.8. The number of anilines is 1. The Kier molecular flexibility index (Phi) is 10.2. The van der Waals surface area contributed by atoms with Gasteiger partial charge in [-0.1, -0.05) is 42.2 Å². The molecule has 0 aromatic heterocycles. The second-order valence-electron chi connectivity index (χ2n) is 8.22. The Morgan fingerprint density at radius 1 is 0.971 bits per heavy atom. The van der Waals surface area contributed by atoms with Gasteiger partial charge in [-0.3, -0.25) is 0 Å². The highest BCUT2D eigenvalue weighted by Crippen LogP contribution is 2.20. The first-order valence-corrected chi connectivity index (χ1v) is 11.8. The van der Waals surface area contributed by atoms with E-state index >= 15 is 0 Å². The molecule has 0 saturated carbocycles. The molecule has 0 spiro atoms. The highest BCUT2D eigenvalue weighted by Gasteiger charge is 2.20. The van der Waals surface area contributed by atoms with E-state index in [2.05, 4.69) is 17.2 Å². The summed E-state index contributed by atoms with van der Waals surface area (Å²) in [6.45, 7) is 1.44. The molecule has 0 bridgehead atoms. The maximum atomic E-state index is 13.1. The van der Waals surface area contributed by atoms with Gasteiger partial charge < -0.3 is 25.8 Å². The lowest BCUT2D eigenvalue weighted by molar-refractivity contribution is 0.190. The number of carbonyl (C=O) groups excluding carboxylic acids is 1. The standard InChI is InChI=1S/C29H33N3O3/c1-35-28-17-15-27(16-18-28)31-29(34)32(20-6-5-19-30)21-26(22-33)25-13-11-24(12-14-25)10-9-23-7-3-2-4-8-23/h2-4,7-8,11-18,26,33H,5-6,19-22,30H2,1H3,(H,31,34)/t26-/m1/s1. The van der Waals surface area contributed by atoms with Crippen LogP contribution in [0, 0.1) is 11.8 Å². The van der Waals surface area contributed by atoms with Crippen molar-refractivity contribution in [3.8, 4) is 17.6 Å². The van der Waals surface area contributed by atoms with E-state index in [4.69, 9.17) is 10.5 Å². The molecule has 182 valence electrons. The number of urea groups is 1. The van der Waals surface area contributed by atoms with E-state index in [1.165, 1.54) is 0 Å². The van der Waals surface area contributed by atoms with Crippen LogP contribution in [0.4, 0.5) is 10.5 Å². The van der Waals surface area contributed by atoms with Crippen LogP contribution >= 0.6 is 0 Å². The van der Waals surface area contributed by atoms with E-state index in [-0.39, 0.29) is 18.6 Å². The molecule has 0 aliphatic heterocycles. The molecule has 4 N–H and O–H groups in total. The van der Waals surface area contributed by atoms with Crippen molar-refractivity contribution in [2.45, 2.75) is 18.8 Å². The number of aliphatic hydroxyl groups is 1. The molecule has 3 rings (SSSR count). The number of carbonyl (C=O) groups is 1. The van der Waals surface area contributed by atoms with Crippen LogP contribution in [0.3, 0.4) is 0 Å². The number of hydrogen-bond acceptors (Lipinski definition) is 4.